The number of carbonyl (C=O) groups excluding carboxylic acids is 1. The summed E-state index contributed by atoms with van der Waals surface area (Å²) >= 11 is 0. The number of carbonyl (C=O) groups is 1. The van der Waals surface area contributed by atoms with Crippen molar-refractivity contribution in [2.45, 2.75) is 0 Å². The lowest BCUT2D eigenvalue weighted by Gasteiger charge is -2.01. The van der Waals surface area contributed by atoms with Gasteiger partial charge in [0.1, 0.15) is 13.4 Å². The van der Waals surface area contributed by atoms with Crippen LogP contribution in [0.2, 0.25) is 0 Å². The summed E-state index contributed by atoms with van der Waals surface area (Å²) in [6.07, 6.45) is -0.791. The number of nitrogens with two attached hydrogens (primary N) is 1. The molecule has 5 heteroatoms. The number of rotatable bonds is 5. The second-order valence-corrected chi connectivity index (χ2v) is 1.48. The third-order valence-electron chi connectivity index (χ3n) is 0.673. The van der Waals surface area contributed by atoms with E-state index >= 15 is 0 Å². The van der Waals surface area contributed by atoms with Gasteiger partial charge in [0, 0.05) is 7.11 Å². The van der Waals surface area contributed by atoms with Crippen LogP contribution in [-0.4, -0.2) is 33.2 Å². The lowest BCUT2D eigenvalue weighted by molar-refractivity contribution is -0.0423. The first-order valence-electron chi connectivity index (χ1n) is 2.76. The maximum atomic E-state index is 9.95. The topological polar surface area (TPSA) is 70.8 Å². The first-order valence-corrected chi connectivity index (χ1v) is 2.76. The van der Waals surface area contributed by atoms with Crippen molar-refractivity contribution in [3.8, 4) is 0 Å². The molecule has 0 atom stereocenters. The molecule has 0 aliphatic carbocycles. The minimum absolute atomic E-state index is 0.165. The van der Waals surface area contributed by atoms with Crippen molar-refractivity contribution in [2.24, 2.45) is 5.73 Å². The maximum absolute atomic E-state index is 9.95. The molecule has 5 nitrogen and oxygen atoms in total. The summed E-state index contributed by atoms with van der Waals surface area (Å²) in [5.74, 6) is 0. The van der Waals surface area contributed by atoms with Crippen molar-refractivity contribution in [3.63, 3.8) is 0 Å². The fraction of sp³-hybridized carbons (Fsp3) is 0.800. The summed E-state index contributed by atoms with van der Waals surface area (Å²) in [6.45, 7) is 0.664. The van der Waals surface area contributed by atoms with Gasteiger partial charge in [0.05, 0.1) is 6.61 Å². The van der Waals surface area contributed by atoms with Gasteiger partial charge >= 0.3 is 6.09 Å². The van der Waals surface area contributed by atoms with Gasteiger partial charge in [-0.15, -0.1) is 0 Å². The van der Waals surface area contributed by atoms with E-state index in [4.69, 9.17) is 4.74 Å². The average Bonchev–Trinajstić information content (AvgIpc) is 1.87. The molecule has 0 aliphatic rings. The molecular weight excluding hydrogens is 138 g/mol. The summed E-state index contributed by atoms with van der Waals surface area (Å²) in [4.78, 5) is 9.95. The lowest BCUT2D eigenvalue weighted by Crippen LogP contribution is -2.16. The molecule has 0 aliphatic heterocycles. The van der Waals surface area contributed by atoms with E-state index in [1.165, 1.54) is 7.11 Å². The Hall–Kier alpha value is -0.810. The minimum atomic E-state index is -0.791. The van der Waals surface area contributed by atoms with E-state index in [9.17, 15) is 4.79 Å². The SMILES string of the molecule is COCOCCOC(N)=O. The van der Waals surface area contributed by atoms with Gasteiger partial charge in [0.25, 0.3) is 0 Å². The molecule has 0 aromatic heterocycles. The summed E-state index contributed by atoms with van der Waals surface area (Å²) in [5.41, 5.74) is 4.66. The van der Waals surface area contributed by atoms with Gasteiger partial charge in [-0.2, -0.15) is 0 Å². The predicted octanol–water partition coefficient (Wildman–Crippen LogP) is -0.298. The van der Waals surface area contributed by atoms with E-state index in [0.717, 1.165) is 0 Å². The highest BCUT2D eigenvalue weighted by Gasteiger charge is 1.91. The van der Waals surface area contributed by atoms with Crippen LogP contribution in [0, 0.1) is 0 Å². The van der Waals surface area contributed by atoms with Gasteiger partial charge in [-0.05, 0) is 0 Å². The number of ether oxygens (including phenoxy) is 3. The third kappa shape index (κ3) is 7.19. The van der Waals surface area contributed by atoms with Gasteiger partial charge in [-0.25, -0.2) is 4.79 Å². The fourth-order valence-corrected chi connectivity index (χ4v) is 0.343. The summed E-state index contributed by atoms with van der Waals surface area (Å²) < 4.78 is 13.7. The number of hydrogen-bond acceptors (Lipinski definition) is 4. The lowest BCUT2D eigenvalue weighted by atomic mass is 10.8. The number of amides is 1. The molecule has 0 spiro atoms. The Balaban J connectivity index is 2.84. The molecule has 0 fully saturated rings. The summed E-state index contributed by atoms with van der Waals surface area (Å²) in [5, 5.41) is 0. The van der Waals surface area contributed by atoms with Crippen molar-refractivity contribution in [1.82, 2.24) is 0 Å². The van der Waals surface area contributed by atoms with Gasteiger partial charge in [0.2, 0.25) is 0 Å². The van der Waals surface area contributed by atoms with Crippen molar-refractivity contribution in [3.05, 3.63) is 0 Å². The Bertz CT molecular complexity index is 95.6. The van der Waals surface area contributed by atoms with Crippen LogP contribution in [0.1, 0.15) is 0 Å². The zero-order chi connectivity index (χ0) is 7.82. The van der Waals surface area contributed by atoms with E-state index in [2.05, 4.69) is 15.2 Å². The van der Waals surface area contributed by atoms with Crippen molar-refractivity contribution in [2.75, 3.05) is 27.1 Å². The van der Waals surface area contributed by atoms with Crippen LogP contribution < -0.4 is 5.73 Å². The first kappa shape index (κ1) is 9.19. The molecule has 0 rings (SSSR count). The van der Waals surface area contributed by atoms with E-state index in [-0.39, 0.29) is 13.4 Å². The van der Waals surface area contributed by atoms with Crippen LogP contribution >= 0.6 is 0 Å². The average molecular weight is 149 g/mol. The van der Waals surface area contributed by atoms with Crippen LogP contribution in [0.3, 0.4) is 0 Å². The van der Waals surface area contributed by atoms with Gasteiger partial charge in [-0.3, -0.25) is 0 Å². The zero-order valence-electron chi connectivity index (χ0n) is 5.83. The number of primary amides is 1. The standard InChI is InChI=1S/C5H11NO4/c1-8-4-9-2-3-10-5(6)7/h2-4H2,1H3,(H2,6,7). The number of methoxy groups -OCH3 is 1. The number of hydrogen-bond donors (Lipinski definition) is 1. The van der Waals surface area contributed by atoms with Crippen molar-refractivity contribution in [1.29, 1.82) is 0 Å². The Morgan fingerprint density at radius 1 is 1.50 bits per heavy atom. The molecule has 0 saturated carbocycles. The van der Waals surface area contributed by atoms with E-state index in [1.807, 2.05) is 0 Å². The van der Waals surface area contributed by atoms with Gasteiger partial charge in [-0.1, -0.05) is 0 Å². The predicted molar refractivity (Wildman–Crippen MR) is 33.4 cm³/mol. The van der Waals surface area contributed by atoms with Crippen molar-refractivity contribution < 1.29 is 19.0 Å². The van der Waals surface area contributed by atoms with Crippen LogP contribution in [-0.2, 0) is 14.2 Å². The van der Waals surface area contributed by atoms with E-state index in [0.29, 0.717) is 6.61 Å². The largest absolute Gasteiger partial charge is 0.447 e. The Morgan fingerprint density at radius 3 is 2.70 bits per heavy atom. The minimum Gasteiger partial charge on any atom is -0.447 e. The summed E-state index contributed by atoms with van der Waals surface area (Å²) in [7, 11) is 1.51. The molecular formula is C5H11NO4. The highest BCUT2D eigenvalue weighted by atomic mass is 16.7. The second-order valence-electron chi connectivity index (χ2n) is 1.48. The molecule has 1 amide bonds. The zero-order valence-corrected chi connectivity index (χ0v) is 5.83. The third-order valence-corrected chi connectivity index (χ3v) is 0.673. The van der Waals surface area contributed by atoms with Gasteiger partial charge in [0.15, 0.2) is 0 Å². The molecule has 0 saturated heterocycles. The molecule has 10 heavy (non-hydrogen) atoms. The quantitative estimate of drug-likeness (QED) is 0.430. The maximum Gasteiger partial charge on any atom is 0.404 e. The monoisotopic (exact) mass is 149 g/mol. The van der Waals surface area contributed by atoms with Crippen LogP contribution in [0.25, 0.3) is 0 Å². The normalized spacial score (nSPS) is 9.30. The molecule has 2 N–H and O–H groups in total. The second kappa shape index (κ2) is 6.31. The Kier molecular flexibility index (Phi) is 5.80. The first-order chi connectivity index (χ1) is 4.77. The Morgan fingerprint density at radius 2 is 2.20 bits per heavy atom. The molecule has 0 bridgehead atoms. The molecule has 0 radical (unpaired) electrons. The Labute approximate surface area is 59.0 Å². The molecule has 0 heterocycles. The molecule has 0 aromatic rings. The van der Waals surface area contributed by atoms with E-state index in [1.54, 1.807) is 0 Å². The van der Waals surface area contributed by atoms with Crippen LogP contribution in [0.15, 0.2) is 0 Å². The highest BCUT2D eigenvalue weighted by molar-refractivity contribution is 5.64. The molecule has 0 aromatic carbocycles. The molecule has 0 unspecified atom stereocenters. The van der Waals surface area contributed by atoms with Crippen molar-refractivity contribution >= 4 is 6.09 Å². The van der Waals surface area contributed by atoms with Crippen LogP contribution in [0.5, 0.6) is 0 Å². The van der Waals surface area contributed by atoms with Gasteiger partial charge < -0.3 is 19.9 Å². The summed E-state index contributed by atoms with van der Waals surface area (Å²) in [6, 6.07) is 0. The van der Waals surface area contributed by atoms with Crippen LogP contribution in [0.4, 0.5) is 4.79 Å². The fourth-order valence-electron chi connectivity index (χ4n) is 0.343. The molecule has 60 valence electrons. The van der Waals surface area contributed by atoms with E-state index < -0.39 is 6.09 Å². The smallest absolute Gasteiger partial charge is 0.404 e. The highest BCUT2D eigenvalue weighted by Crippen LogP contribution is 1.77.